The average Bonchev–Trinajstić information content (AvgIpc) is 2.37. The Morgan fingerprint density at radius 3 is 1.35 bits per heavy atom. The Hall–Kier alpha value is -0.0631. The molecule has 0 aliphatic rings. The quantitative estimate of drug-likeness (QED) is 0.306. The van der Waals surface area contributed by atoms with Crippen molar-refractivity contribution in [2.75, 3.05) is 46.0 Å². The van der Waals surface area contributed by atoms with Gasteiger partial charge in [-0.15, -0.1) is 0 Å². The van der Waals surface area contributed by atoms with E-state index in [4.69, 9.17) is 36.2 Å². The van der Waals surface area contributed by atoms with Gasteiger partial charge >= 0.3 is 8.80 Å². The topological polar surface area (TPSA) is 132 Å². The summed E-state index contributed by atoms with van der Waals surface area (Å²) in [5.74, 6) is 0. The van der Waals surface area contributed by atoms with Gasteiger partial charge in [-0.2, -0.15) is 0 Å². The molecular weight excluding hydrogens is 240 g/mol. The Morgan fingerprint density at radius 1 is 0.647 bits per heavy atom. The van der Waals surface area contributed by atoms with Crippen LogP contribution in [0.25, 0.3) is 0 Å². The molecule has 0 heterocycles. The summed E-state index contributed by atoms with van der Waals surface area (Å²) in [6.45, 7) is 3.07. The summed E-state index contributed by atoms with van der Waals surface area (Å²) in [6.07, 6.45) is 0.784. The molecule has 8 heteroatoms. The third-order valence-electron chi connectivity index (χ3n) is 2.01. The molecule has 0 aromatic rings. The Bertz CT molecular complexity index is 139. The van der Waals surface area contributed by atoms with Crippen LogP contribution in [0.1, 0.15) is 6.42 Å². The lowest BCUT2D eigenvalue weighted by atomic mass is 10.5. The van der Waals surface area contributed by atoms with Crippen LogP contribution >= 0.6 is 0 Å². The van der Waals surface area contributed by atoms with Gasteiger partial charge in [-0.05, 0) is 13.0 Å². The molecule has 0 saturated heterocycles. The fourth-order valence-corrected chi connectivity index (χ4v) is 3.91. The zero-order valence-corrected chi connectivity index (χ0v) is 11.4. The van der Waals surface area contributed by atoms with Crippen molar-refractivity contribution >= 4 is 8.80 Å². The Labute approximate surface area is 104 Å². The highest BCUT2D eigenvalue weighted by Gasteiger charge is 2.40. The van der Waals surface area contributed by atoms with Crippen LogP contribution < -0.4 is 22.9 Å². The van der Waals surface area contributed by atoms with E-state index in [9.17, 15) is 0 Å². The van der Waals surface area contributed by atoms with Crippen LogP contribution in [-0.4, -0.2) is 54.8 Å². The van der Waals surface area contributed by atoms with Crippen molar-refractivity contribution in [3.05, 3.63) is 0 Å². The molecule has 0 fully saturated rings. The number of rotatable bonds is 12. The molecule has 0 spiro atoms. The van der Waals surface area contributed by atoms with E-state index in [0.29, 0.717) is 52.0 Å². The van der Waals surface area contributed by atoms with Gasteiger partial charge in [-0.3, -0.25) is 0 Å². The summed E-state index contributed by atoms with van der Waals surface area (Å²) in [6, 6.07) is 0.670. The lowest BCUT2D eigenvalue weighted by Gasteiger charge is -2.29. The molecule has 0 atom stereocenters. The van der Waals surface area contributed by atoms with Gasteiger partial charge in [0.05, 0.1) is 19.8 Å². The zero-order valence-electron chi connectivity index (χ0n) is 10.4. The van der Waals surface area contributed by atoms with Crippen LogP contribution in [-0.2, 0) is 13.3 Å². The first-order valence-electron chi connectivity index (χ1n) is 5.96. The molecule has 0 aromatic heterocycles. The van der Waals surface area contributed by atoms with Crippen LogP contribution in [0.5, 0.6) is 0 Å². The van der Waals surface area contributed by atoms with E-state index in [0.717, 1.165) is 6.42 Å². The van der Waals surface area contributed by atoms with Crippen molar-refractivity contribution in [2.24, 2.45) is 22.9 Å². The van der Waals surface area contributed by atoms with Crippen molar-refractivity contribution in [1.29, 1.82) is 0 Å². The van der Waals surface area contributed by atoms with Crippen LogP contribution in [0, 0.1) is 0 Å². The fraction of sp³-hybridized carbons (Fsp3) is 1.00. The van der Waals surface area contributed by atoms with E-state index in [-0.39, 0.29) is 0 Å². The molecule has 8 N–H and O–H groups in total. The lowest BCUT2D eigenvalue weighted by Crippen LogP contribution is -2.49. The maximum Gasteiger partial charge on any atom is 0.501 e. The molecule has 0 aliphatic heterocycles. The lowest BCUT2D eigenvalue weighted by molar-refractivity contribution is 0.0654. The van der Waals surface area contributed by atoms with Gasteiger partial charge in [-0.1, -0.05) is 0 Å². The summed E-state index contributed by atoms with van der Waals surface area (Å²) >= 11 is 0. The highest BCUT2D eigenvalue weighted by molar-refractivity contribution is 6.60. The van der Waals surface area contributed by atoms with Gasteiger partial charge in [0.2, 0.25) is 0 Å². The van der Waals surface area contributed by atoms with Crippen molar-refractivity contribution in [3.63, 3.8) is 0 Å². The van der Waals surface area contributed by atoms with Gasteiger partial charge in [0.1, 0.15) is 0 Å². The summed E-state index contributed by atoms with van der Waals surface area (Å²) in [4.78, 5) is 0. The molecule has 7 nitrogen and oxygen atoms in total. The first kappa shape index (κ1) is 16.9. The SMILES string of the molecule is NCCC[Si](OCCN)(OCCN)OCCN. The minimum atomic E-state index is -2.70. The molecule has 0 amide bonds. The van der Waals surface area contributed by atoms with Crippen LogP contribution in [0.4, 0.5) is 0 Å². The molecule has 0 rings (SSSR count). The van der Waals surface area contributed by atoms with Crippen molar-refractivity contribution < 1.29 is 13.3 Å². The molecule has 0 radical (unpaired) electrons. The second kappa shape index (κ2) is 11.1. The molecular formula is C9H26N4O3Si. The average molecular weight is 266 g/mol. The summed E-state index contributed by atoms with van der Waals surface area (Å²) in [5.41, 5.74) is 21.8. The molecule has 104 valence electrons. The van der Waals surface area contributed by atoms with E-state index in [1.807, 2.05) is 0 Å². The highest BCUT2D eigenvalue weighted by atomic mass is 28.4. The smallest absolute Gasteiger partial charge is 0.372 e. The van der Waals surface area contributed by atoms with Gasteiger partial charge in [0.25, 0.3) is 0 Å². The predicted octanol–water partition coefficient (Wildman–Crippen LogP) is -1.80. The maximum absolute atomic E-state index is 5.69. The molecule has 0 unspecified atom stereocenters. The number of nitrogens with two attached hydrogens (primary N) is 4. The third kappa shape index (κ3) is 7.79. The van der Waals surface area contributed by atoms with Crippen molar-refractivity contribution in [3.8, 4) is 0 Å². The Balaban J connectivity index is 4.39. The second-order valence-corrected chi connectivity index (χ2v) is 6.22. The third-order valence-corrected chi connectivity index (χ3v) is 4.90. The maximum atomic E-state index is 5.69. The minimum Gasteiger partial charge on any atom is -0.372 e. The number of hydrogen-bond donors (Lipinski definition) is 4. The predicted molar refractivity (Wildman–Crippen MR) is 69.3 cm³/mol. The summed E-state index contributed by atoms with van der Waals surface area (Å²) < 4.78 is 17.1. The Morgan fingerprint density at radius 2 is 1.06 bits per heavy atom. The monoisotopic (exact) mass is 266 g/mol. The van der Waals surface area contributed by atoms with Crippen molar-refractivity contribution in [2.45, 2.75) is 12.5 Å². The van der Waals surface area contributed by atoms with E-state index in [1.54, 1.807) is 0 Å². The number of hydrogen-bond acceptors (Lipinski definition) is 7. The van der Waals surface area contributed by atoms with E-state index < -0.39 is 8.80 Å². The van der Waals surface area contributed by atoms with Gasteiger partial charge in [-0.25, -0.2) is 0 Å². The minimum absolute atomic E-state index is 0.409. The van der Waals surface area contributed by atoms with Crippen LogP contribution in [0.3, 0.4) is 0 Å². The normalized spacial score (nSPS) is 12.0. The summed E-state index contributed by atoms with van der Waals surface area (Å²) in [7, 11) is -2.70. The standard InChI is InChI=1S/C9H26N4O3Si/c10-2-1-9-17(14-6-3-11,15-7-4-12)16-8-5-13/h1-13H2. The van der Waals surface area contributed by atoms with Crippen molar-refractivity contribution in [1.82, 2.24) is 0 Å². The van der Waals surface area contributed by atoms with Gasteiger partial charge < -0.3 is 36.2 Å². The van der Waals surface area contributed by atoms with Gasteiger partial charge in [0.15, 0.2) is 0 Å². The molecule has 0 aliphatic carbocycles. The molecule has 17 heavy (non-hydrogen) atoms. The fourth-order valence-electron chi connectivity index (χ4n) is 1.30. The first-order valence-corrected chi connectivity index (χ1v) is 7.90. The van der Waals surface area contributed by atoms with E-state index in [2.05, 4.69) is 0 Å². The molecule has 0 aromatic carbocycles. The van der Waals surface area contributed by atoms with Crippen LogP contribution in [0.15, 0.2) is 0 Å². The van der Waals surface area contributed by atoms with E-state index in [1.165, 1.54) is 0 Å². The van der Waals surface area contributed by atoms with Crippen LogP contribution in [0.2, 0.25) is 6.04 Å². The highest BCUT2D eigenvalue weighted by Crippen LogP contribution is 2.17. The van der Waals surface area contributed by atoms with Gasteiger partial charge in [0, 0.05) is 25.7 Å². The molecule has 0 saturated carbocycles. The second-order valence-electron chi connectivity index (χ2n) is 3.49. The zero-order chi connectivity index (χ0) is 13.0. The van der Waals surface area contributed by atoms with E-state index >= 15 is 0 Å². The summed E-state index contributed by atoms with van der Waals surface area (Å²) in [5, 5.41) is 0. The Kier molecular flexibility index (Phi) is 11.0. The molecule has 0 bridgehead atoms. The largest absolute Gasteiger partial charge is 0.501 e. The first-order chi connectivity index (χ1) is 8.24.